The van der Waals surface area contributed by atoms with E-state index in [9.17, 15) is 9.59 Å². The number of nitriles is 1. The third-order valence-electron chi connectivity index (χ3n) is 3.77. The van der Waals surface area contributed by atoms with Crippen LogP contribution in [0, 0.1) is 11.3 Å². The minimum atomic E-state index is -0.369. The molecule has 10 heteroatoms. The number of carbonyl (C=O) groups excluding carboxylic acids is 2. The molecule has 0 saturated carbocycles. The first-order chi connectivity index (χ1) is 14.6. The SMILES string of the molecule is N#Cc1ccc(CSc2nnc(NC(=O)CCNC(=O)Nc3ccccc3)s2)cc1. The molecule has 0 bridgehead atoms. The van der Waals surface area contributed by atoms with Crippen molar-refractivity contribution in [3.8, 4) is 6.07 Å². The lowest BCUT2D eigenvalue weighted by molar-refractivity contribution is -0.116. The number of anilines is 2. The molecule has 1 aromatic heterocycles. The van der Waals surface area contributed by atoms with Crippen LogP contribution < -0.4 is 16.0 Å². The van der Waals surface area contributed by atoms with Crippen LogP contribution in [0.25, 0.3) is 0 Å². The summed E-state index contributed by atoms with van der Waals surface area (Å²) in [6.07, 6.45) is 0.121. The Kier molecular flexibility index (Phi) is 7.77. The lowest BCUT2D eigenvalue weighted by Gasteiger charge is -2.07. The van der Waals surface area contributed by atoms with Gasteiger partial charge in [0.05, 0.1) is 11.6 Å². The highest BCUT2D eigenvalue weighted by Crippen LogP contribution is 2.28. The third kappa shape index (κ3) is 6.88. The van der Waals surface area contributed by atoms with Crippen LogP contribution in [0.2, 0.25) is 0 Å². The lowest BCUT2D eigenvalue weighted by Crippen LogP contribution is -2.31. The summed E-state index contributed by atoms with van der Waals surface area (Å²) >= 11 is 2.79. The standard InChI is InChI=1S/C20H18N6O2S2/c21-12-14-6-8-15(9-7-14)13-29-20-26-25-19(30-20)24-17(27)10-11-22-18(28)23-16-4-2-1-3-5-16/h1-9H,10-11,13H2,(H2,22,23,28)(H,24,25,27). The molecule has 0 fully saturated rings. The Balaban J connectivity index is 1.36. The minimum absolute atomic E-state index is 0.121. The maximum atomic E-state index is 12.0. The Hall–Kier alpha value is -3.42. The summed E-state index contributed by atoms with van der Waals surface area (Å²) in [5.74, 6) is 0.434. The first-order valence-electron chi connectivity index (χ1n) is 8.97. The molecular formula is C20H18N6O2S2. The summed E-state index contributed by atoms with van der Waals surface area (Å²) in [5, 5.41) is 25.3. The molecule has 1 heterocycles. The normalized spacial score (nSPS) is 10.1. The van der Waals surface area contributed by atoms with Gasteiger partial charge in [-0.15, -0.1) is 10.2 Å². The lowest BCUT2D eigenvalue weighted by atomic mass is 10.2. The Morgan fingerprint density at radius 1 is 1.03 bits per heavy atom. The van der Waals surface area contributed by atoms with E-state index in [2.05, 4.69) is 32.2 Å². The van der Waals surface area contributed by atoms with Crippen LogP contribution in [-0.4, -0.2) is 28.7 Å². The molecule has 152 valence electrons. The number of urea groups is 1. The fourth-order valence-corrected chi connectivity index (χ4v) is 4.03. The van der Waals surface area contributed by atoms with Gasteiger partial charge in [-0.25, -0.2) is 4.79 Å². The molecule has 3 aromatic rings. The van der Waals surface area contributed by atoms with E-state index in [-0.39, 0.29) is 24.9 Å². The Labute approximate surface area is 181 Å². The summed E-state index contributed by atoms with van der Waals surface area (Å²) in [4.78, 5) is 23.8. The number of carbonyl (C=O) groups is 2. The molecular weight excluding hydrogens is 420 g/mol. The Bertz CT molecular complexity index is 1030. The van der Waals surface area contributed by atoms with Crippen LogP contribution in [0.1, 0.15) is 17.5 Å². The largest absolute Gasteiger partial charge is 0.337 e. The second kappa shape index (κ2) is 10.9. The Morgan fingerprint density at radius 2 is 1.80 bits per heavy atom. The van der Waals surface area contributed by atoms with E-state index < -0.39 is 0 Å². The van der Waals surface area contributed by atoms with Crippen molar-refractivity contribution >= 4 is 45.9 Å². The smallest absolute Gasteiger partial charge is 0.319 e. The van der Waals surface area contributed by atoms with Crippen molar-refractivity contribution in [2.24, 2.45) is 0 Å². The topological polar surface area (TPSA) is 120 Å². The molecule has 0 unspecified atom stereocenters. The molecule has 8 nitrogen and oxygen atoms in total. The van der Waals surface area contributed by atoms with Gasteiger partial charge in [-0.3, -0.25) is 4.79 Å². The van der Waals surface area contributed by atoms with Gasteiger partial charge in [0.15, 0.2) is 4.34 Å². The van der Waals surface area contributed by atoms with Crippen LogP contribution >= 0.6 is 23.1 Å². The van der Waals surface area contributed by atoms with Crippen molar-refractivity contribution in [3.05, 3.63) is 65.7 Å². The van der Waals surface area contributed by atoms with E-state index in [1.54, 1.807) is 24.3 Å². The quantitative estimate of drug-likeness (QED) is 0.363. The van der Waals surface area contributed by atoms with Crippen LogP contribution in [0.5, 0.6) is 0 Å². The van der Waals surface area contributed by atoms with Crippen LogP contribution in [0.3, 0.4) is 0 Å². The van der Waals surface area contributed by atoms with Crippen molar-refractivity contribution in [1.29, 1.82) is 5.26 Å². The predicted octanol–water partition coefficient (Wildman–Crippen LogP) is 3.85. The van der Waals surface area contributed by atoms with E-state index in [4.69, 9.17) is 5.26 Å². The molecule has 3 amide bonds. The van der Waals surface area contributed by atoms with Gasteiger partial charge >= 0.3 is 6.03 Å². The second-order valence-corrected chi connectivity index (χ2v) is 8.22. The zero-order valence-electron chi connectivity index (χ0n) is 15.8. The summed E-state index contributed by atoms with van der Waals surface area (Å²) in [5.41, 5.74) is 2.37. The van der Waals surface area contributed by atoms with Crippen molar-refractivity contribution < 1.29 is 9.59 Å². The van der Waals surface area contributed by atoms with E-state index in [0.717, 1.165) is 9.90 Å². The van der Waals surface area contributed by atoms with E-state index in [1.165, 1.54) is 23.1 Å². The maximum absolute atomic E-state index is 12.0. The van der Waals surface area contributed by atoms with Gasteiger partial charge in [0.25, 0.3) is 0 Å². The van der Waals surface area contributed by atoms with Gasteiger partial charge in [0.2, 0.25) is 11.0 Å². The zero-order valence-corrected chi connectivity index (χ0v) is 17.4. The molecule has 0 aliphatic carbocycles. The van der Waals surface area contributed by atoms with Gasteiger partial charge < -0.3 is 16.0 Å². The van der Waals surface area contributed by atoms with Gasteiger partial charge in [-0.2, -0.15) is 5.26 Å². The summed E-state index contributed by atoms with van der Waals surface area (Å²) in [6.45, 7) is 0.198. The van der Waals surface area contributed by atoms with E-state index in [0.29, 0.717) is 22.1 Å². The average Bonchev–Trinajstić information content (AvgIpc) is 3.20. The summed E-state index contributed by atoms with van der Waals surface area (Å²) in [6, 6.07) is 18.1. The number of nitrogens with zero attached hydrogens (tertiary/aromatic N) is 3. The molecule has 3 rings (SSSR count). The molecule has 0 aliphatic rings. The first-order valence-corrected chi connectivity index (χ1v) is 10.8. The highest BCUT2D eigenvalue weighted by atomic mass is 32.2. The monoisotopic (exact) mass is 438 g/mol. The molecule has 0 spiro atoms. The molecule has 2 aromatic carbocycles. The van der Waals surface area contributed by atoms with Crippen molar-refractivity contribution in [1.82, 2.24) is 15.5 Å². The number of aromatic nitrogens is 2. The molecule has 3 N–H and O–H groups in total. The first kappa shape index (κ1) is 21.3. The van der Waals surface area contributed by atoms with Gasteiger partial charge in [-0.05, 0) is 29.8 Å². The van der Waals surface area contributed by atoms with Crippen LogP contribution in [0.4, 0.5) is 15.6 Å². The summed E-state index contributed by atoms with van der Waals surface area (Å²) in [7, 11) is 0. The van der Waals surface area contributed by atoms with E-state index in [1.807, 2.05) is 30.3 Å². The Morgan fingerprint density at radius 3 is 2.53 bits per heavy atom. The number of hydrogen-bond acceptors (Lipinski definition) is 7. The van der Waals surface area contributed by atoms with Gasteiger partial charge in [0, 0.05) is 24.4 Å². The third-order valence-corrected chi connectivity index (χ3v) is 5.81. The number of benzene rings is 2. The highest BCUT2D eigenvalue weighted by Gasteiger charge is 2.10. The fraction of sp³-hybridized carbons (Fsp3) is 0.150. The molecule has 0 radical (unpaired) electrons. The van der Waals surface area contributed by atoms with Crippen molar-refractivity contribution in [2.45, 2.75) is 16.5 Å². The number of hydrogen-bond donors (Lipinski definition) is 3. The maximum Gasteiger partial charge on any atom is 0.319 e. The molecule has 30 heavy (non-hydrogen) atoms. The molecule has 0 atom stereocenters. The fourth-order valence-electron chi connectivity index (χ4n) is 2.31. The van der Waals surface area contributed by atoms with Gasteiger partial charge in [-0.1, -0.05) is 53.4 Å². The molecule has 0 saturated heterocycles. The predicted molar refractivity (Wildman–Crippen MR) is 117 cm³/mol. The van der Waals surface area contributed by atoms with Crippen molar-refractivity contribution in [3.63, 3.8) is 0 Å². The number of thioether (sulfide) groups is 1. The van der Waals surface area contributed by atoms with E-state index >= 15 is 0 Å². The second-order valence-electron chi connectivity index (χ2n) is 6.02. The number of para-hydroxylation sites is 1. The van der Waals surface area contributed by atoms with Crippen molar-refractivity contribution in [2.75, 3.05) is 17.2 Å². The summed E-state index contributed by atoms with van der Waals surface area (Å²) < 4.78 is 0.732. The minimum Gasteiger partial charge on any atom is -0.337 e. The van der Waals surface area contributed by atoms with Gasteiger partial charge in [0.1, 0.15) is 0 Å². The van der Waals surface area contributed by atoms with Crippen LogP contribution in [0.15, 0.2) is 58.9 Å². The van der Waals surface area contributed by atoms with Crippen LogP contribution in [-0.2, 0) is 10.5 Å². The highest BCUT2D eigenvalue weighted by molar-refractivity contribution is 8.00. The number of rotatable bonds is 8. The number of nitrogens with one attached hydrogen (secondary N) is 3. The number of amides is 3. The average molecular weight is 439 g/mol. The zero-order chi connectivity index (χ0) is 21.2. The molecule has 0 aliphatic heterocycles.